The Morgan fingerprint density at radius 3 is 1.56 bits per heavy atom. The minimum Gasteiger partial charge on any atom is -0.748 e. The van der Waals surface area contributed by atoms with E-state index < -0.39 is 45.3 Å². The van der Waals surface area contributed by atoms with Gasteiger partial charge in [0.15, 0.2) is 12.3 Å². The Balaban J connectivity index is 2.76. The van der Waals surface area contributed by atoms with Crippen molar-refractivity contribution in [3.05, 3.63) is 0 Å². The Morgan fingerprint density at radius 2 is 1.15 bits per heavy atom. The summed E-state index contributed by atoms with van der Waals surface area (Å²) in [4.78, 5) is 0. The zero-order chi connectivity index (χ0) is 20.4. The average molecular weight is 411 g/mol. The van der Waals surface area contributed by atoms with Gasteiger partial charge >= 0.3 is 0 Å². The van der Waals surface area contributed by atoms with Crippen LogP contribution in [0.5, 0.6) is 0 Å². The molecule has 0 aliphatic heterocycles. The summed E-state index contributed by atoms with van der Waals surface area (Å²) in [5.74, 6) is 22.3. The summed E-state index contributed by atoms with van der Waals surface area (Å²) in [5.41, 5.74) is 0. The summed E-state index contributed by atoms with van der Waals surface area (Å²) in [7, 11) is -5.55. The molecule has 27 heavy (non-hydrogen) atoms. The molecule has 4 unspecified atom stereocenters. The van der Waals surface area contributed by atoms with Gasteiger partial charge in [0.2, 0.25) is 0 Å². The SMILES string of the molecule is C#CC#CC#CC#CC#CC#CSC1C(F)C(F)C(S(=O)(=O)[O-])C(F)C1F. The van der Waals surface area contributed by atoms with E-state index in [1.807, 2.05) is 5.92 Å². The quantitative estimate of drug-likeness (QED) is 0.386. The predicted molar refractivity (Wildman–Crippen MR) is 92.2 cm³/mol. The van der Waals surface area contributed by atoms with Crippen LogP contribution in [0.15, 0.2) is 0 Å². The summed E-state index contributed by atoms with van der Waals surface area (Å²) in [6.45, 7) is 0. The Kier molecular flexibility index (Phi) is 8.69. The van der Waals surface area contributed by atoms with Crippen LogP contribution >= 0.6 is 11.8 Å². The molecular weight excluding hydrogens is 404 g/mol. The van der Waals surface area contributed by atoms with E-state index in [4.69, 9.17) is 6.42 Å². The van der Waals surface area contributed by atoms with Crippen LogP contribution in [-0.4, -0.2) is 48.2 Å². The van der Waals surface area contributed by atoms with Gasteiger partial charge in [0, 0.05) is 0 Å². The van der Waals surface area contributed by atoms with Crippen molar-refractivity contribution in [2.24, 2.45) is 0 Å². The van der Waals surface area contributed by atoms with Crippen molar-refractivity contribution in [1.29, 1.82) is 0 Å². The van der Waals surface area contributed by atoms with E-state index in [0.29, 0.717) is 0 Å². The van der Waals surface area contributed by atoms with Crippen LogP contribution in [0.3, 0.4) is 0 Å². The average Bonchev–Trinajstić information content (AvgIpc) is 2.59. The third-order valence-corrected chi connectivity index (χ3v) is 5.21. The normalized spacial score (nSPS) is 28.6. The lowest BCUT2D eigenvalue weighted by molar-refractivity contribution is 0.0225. The van der Waals surface area contributed by atoms with E-state index in [9.17, 15) is 30.5 Å². The van der Waals surface area contributed by atoms with Gasteiger partial charge in [-0.2, -0.15) is 0 Å². The highest BCUT2D eigenvalue weighted by molar-refractivity contribution is 8.04. The van der Waals surface area contributed by atoms with E-state index in [-0.39, 0.29) is 11.8 Å². The van der Waals surface area contributed by atoms with Crippen LogP contribution in [0.1, 0.15) is 0 Å². The van der Waals surface area contributed by atoms with Gasteiger partial charge in [-0.15, -0.1) is 6.42 Å². The maximum atomic E-state index is 13.9. The number of hydrogen-bond acceptors (Lipinski definition) is 4. The molecule has 4 atom stereocenters. The highest BCUT2D eigenvalue weighted by Crippen LogP contribution is 2.38. The van der Waals surface area contributed by atoms with Crippen LogP contribution in [0.25, 0.3) is 0 Å². The van der Waals surface area contributed by atoms with Gasteiger partial charge in [-0.1, -0.05) is 11.8 Å². The Morgan fingerprint density at radius 1 is 0.741 bits per heavy atom. The van der Waals surface area contributed by atoms with Crippen LogP contribution in [0.4, 0.5) is 17.6 Å². The first-order valence-electron chi connectivity index (χ1n) is 6.84. The van der Waals surface area contributed by atoms with E-state index in [2.05, 4.69) is 58.5 Å². The van der Waals surface area contributed by atoms with Crippen LogP contribution in [0, 0.1) is 70.9 Å². The van der Waals surface area contributed by atoms with Gasteiger partial charge in [0.25, 0.3) is 0 Å². The zero-order valence-electron chi connectivity index (χ0n) is 13.1. The molecule has 9 heteroatoms. The summed E-state index contributed by atoms with van der Waals surface area (Å²) in [6.07, 6.45) is -6.60. The van der Waals surface area contributed by atoms with E-state index in [1.165, 1.54) is 0 Å². The highest BCUT2D eigenvalue weighted by atomic mass is 32.2. The predicted octanol–water partition coefficient (Wildman–Crippen LogP) is 0.976. The molecule has 0 radical (unpaired) electrons. The number of halogens is 4. The number of terminal acetylenes is 1. The molecule has 0 saturated heterocycles. The fraction of sp³-hybridized carbons (Fsp3) is 0.333. The maximum Gasteiger partial charge on any atom is 0.151 e. The minimum absolute atomic E-state index is 0.207. The summed E-state index contributed by atoms with van der Waals surface area (Å²) < 4.78 is 87.6. The Labute approximate surface area is 158 Å². The van der Waals surface area contributed by atoms with E-state index >= 15 is 0 Å². The van der Waals surface area contributed by atoms with Gasteiger partial charge < -0.3 is 4.55 Å². The summed E-state index contributed by atoms with van der Waals surface area (Å²) in [6, 6.07) is 0. The lowest BCUT2D eigenvalue weighted by Gasteiger charge is -2.39. The Hall–Kier alpha value is -2.66. The molecule has 0 bridgehead atoms. The highest BCUT2D eigenvalue weighted by Gasteiger charge is 2.55. The number of hydrogen-bond donors (Lipinski definition) is 0. The topological polar surface area (TPSA) is 57.2 Å². The smallest absolute Gasteiger partial charge is 0.151 e. The molecule has 1 aliphatic carbocycles. The van der Waals surface area contributed by atoms with Gasteiger partial charge in [0.1, 0.15) is 27.7 Å². The van der Waals surface area contributed by atoms with Crippen molar-refractivity contribution in [2.75, 3.05) is 0 Å². The van der Waals surface area contributed by atoms with Crippen molar-refractivity contribution >= 4 is 21.9 Å². The lowest BCUT2D eigenvalue weighted by atomic mass is 9.92. The van der Waals surface area contributed by atoms with Crippen molar-refractivity contribution in [3.8, 4) is 70.9 Å². The fourth-order valence-corrected chi connectivity index (χ4v) is 3.65. The summed E-state index contributed by atoms with van der Waals surface area (Å²) >= 11 is 0.207. The monoisotopic (exact) mass is 411 g/mol. The third kappa shape index (κ3) is 6.53. The molecule has 0 heterocycles. The summed E-state index contributed by atoms with van der Waals surface area (Å²) in [5, 5.41) is -2.75. The second-order valence-electron chi connectivity index (χ2n) is 4.69. The van der Waals surface area contributed by atoms with Gasteiger partial charge in [-0.05, 0) is 64.5 Å². The van der Waals surface area contributed by atoms with Crippen LogP contribution in [-0.2, 0) is 10.1 Å². The number of alkyl halides is 4. The van der Waals surface area contributed by atoms with Crippen molar-refractivity contribution in [1.82, 2.24) is 0 Å². The largest absolute Gasteiger partial charge is 0.748 e. The van der Waals surface area contributed by atoms with E-state index in [0.717, 1.165) is 0 Å². The second kappa shape index (κ2) is 10.5. The number of rotatable bonds is 2. The first kappa shape index (κ1) is 22.4. The standard InChI is InChI=1S/C18H8F4O3S2/c1-2-3-4-5-6-7-8-9-10-11-12-26-17-13(19)15(21)18(27(23,24)25)16(22)14(17)20/h1,13-18H,(H,23,24,25)/p-1. The van der Waals surface area contributed by atoms with Crippen molar-refractivity contribution in [3.63, 3.8) is 0 Å². The molecule has 1 saturated carbocycles. The van der Waals surface area contributed by atoms with Crippen LogP contribution in [0.2, 0.25) is 0 Å². The van der Waals surface area contributed by atoms with Crippen LogP contribution < -0.4 is 0 Å². The van der Waals surface area contributed by atoms with E-state index in [1.54, 1.807) is 0 Å². The lowest BCUT2D eigenvalue weighted by Crippen LogP contribution is -2.59. The van der Waals surface area contributed by atoms with Gasteiger partial charge in [-0.3, -0.25) is 0 Å². The molecule has 0 N–H and O–H groups in total. The van der Waals surface area contributed by atoms with Crippen molar-refractivity contribution < 1.29 is 30.5 Å². The Bertz CT molecular complexity index is 1010. The molecule has 0 spiro atoms. The molecular formula is C18H7F4O3S2-. The molecule has 1 fully saturated rings. The molecule has 1 rings (SSSR count). The minimum atomic E-state index is -5.55. The van der Waals surface area contributed by atoms with Crippen molar-refractivity contribution in [2.45, 2.75) is 35.2 Å². The molecule has 0 aromatic heterocycles. The first-order chi connectivity index (χ1) is 12.7. The molecule has 1 aliphatic rings. The maximum absolute atomic E-state index is 13.9. The zero-order valence-corrected chi connectivity index (χ0v) is 14.7. The first-order valence-corrected chi connectivity index (χ1v) is 9.19. The van der Waals surface area contributed by atoms with Gasteiger partial charge in [-0.25, -0.2) is 26.0 Å². The number of thioether (sulfide) groups is 1. The fourth-order valence-electron chi connectivity index (χ4n) is 1.90. The second-order valence-corrected chi connectivity index (χ2v) is 7.20. The molecule has 0 aromatic carbocycles. The molecule has 0 aromatic rings. The van der Waals surface area contributed by atoms with Gasteiger partial charge in [0.05, 0.1) is 5.25 Å². The molecule has 3 nitrogen and oxygen atoms in total. The molecule has 0 amide bonds. The third-order valence-electron chi connectivity index (χ3n) is 3.02. The molecule has 138 valence electrons.